The molecule has 184 valence electrons. The molecule has 2 aromatic carbocycles. The molecule has 0 amide bonds. The molecule has 14 heteroatoms. The molecule has 0 saturated carbocycles. The van der Waals surface area contributed by atoms with Gasteiger partial charge in [-0.3, -0.25) is 0 Å². The molecule has 0 unspecified atom stereocenters. The van der Waals surface area contributed by atoms with E-state index in [9.17, 15) is 55.5 Å². The number of aliphatic hydroxyl groups excluding tert-OH is 2. The van der Waals surface area contributed by atoms with E-state index >= 15 is 0 Å². The van der Waals surface area contributed by atoms with Gasteiger partial charge in [-0.1, -0.05) is 0 Å². The predicted molar refractivity (Wildman–Crippen MR) is 105 cm³/mol. The first kappa shape index (κ1) is 24.7. The average Bonchev–Trinajstić information content (AvgIpc) is 3.00. The highest BCUT2D eigenvalue weighted by atomic mass is 16.7. The van der Waals surface area contributed by atoms with Crippen molar-refractivity contribution in [3.8, 4) is 34.5 Å². The van der Waals surface area contributed by atoms with Crippen LogP contribution in [-0.2, 0) is 14.2 Å². The molecule has 14 nitrogen and oxygen atoms in total. The van der Waals surface area contributed by atoms with Crippen molar-refractivity contribution < 1.29 is 69.8 Å². The zero-order valence-electron chi connectivity index (χ0n) is 17.0. The smallest absolute Gasteiger partial charge is 0.338 e. The van der Waals surface area contributed by atoms with Gasteiger partial charge in [0.2, 0.25) is 0 Å². The molecule has 34 heavy (non-hydrogen) atoms. The van der Waals surface area contributed by atoms with Gasteiger partial charge in [0.25, 0.3) is 0 Å². The minimum Gasteiger partial charge on any atom is -0.504 e. The van der Waals surface area contributed by atoms with E-state index in [0.717, 1.165) is 24.3 Å². The normalized spacial score (nSPS) is 24.0. The monoisotopic (exact) mass is 484 g/mol. The van der Waals surface area contributed by atoms with Crippen molar-refractivity contribution in [2.24, 2.45) is 0 Å². The number of aliphatic hydroxyl groups is 3. The Bertz CT molecular complexity index is 1070. The Morgan fingerprint density at radius 2 is 1.21 bits per heavy atom. The van der Waals surface area contributed by atoms with E-state index < -0.39 is 89.3 Å². The van der Waals surface area contributed by atoms with E-state index in [-0.39, 0.29) is 5.56 Å². The number of benzene rings is 2. The van der Waals surface area contributed by atoms with Gasteiger partial charge in [0.1, 0.15) is 25.4 Å². The van der Waals surface area contributed by atoms with Crippen molar-refractivity contribution in [3.63, 3.8) is 0 Å². The molecule has 1 fully saturated rings. The van der Waals surface area contributed by atoms with Gasteiger partial charge in [0, 0.05) is 0 Å². The van der Waals surface area contributed by atoms with E-state index in [1.165, 1.54) is 0 Å². The van der Waals surface area contributed by atoms with Crippen molar-refractivity contribution in [1.82, 2.24) is 0 Å². The van der Waals surface area contributed by atoms with Crippen molar-refractivity contribution in [2.75, 3.05) is 13.2 Å². The van der Waals surface area contributed by atoms with Gasteiger partial charge in [-0.25, -0.2) is 9.59 Å². The first-order valence-corrected chi connectivity index (χ1v) is 9.43. The minimum absolute atomic E-state index is 0.370. The molecule has 4 atom stereocenters. The van der Waals surface area contributed by atoms with E-state index in [2.05, 4.69) is 0 Å². The van der Waals surface area contributed by atoms with Gasteiger partial charge in [-0.15, -0.1) is 0 Å². The quantitative estimate of drug-likeness (QED) is 0.172. The number of phenols is 6. The number of ether oxygens (including phenoxy) is 3. The first-order chi connectivity index (χ1) is 15.8. The number of carbonyl (C=O) groups excluding carboxylic acids is 2. The number of rotatable bonds is 6. The second-order valence-corrected chi connectivity index (χ2v) is 7.36. The summed E-state index contributed by atoms with van der Waals surface area (Å²) < 4.78 is 14.6. The maximum atomic E-state index is 12.1. The lowest BCUT2D eigenvalue weighted by Gasteiger charge is -2.27. The summed E-state index contributed by atoms with van der Waals surface area (Å²) in [5.41, 5.74) is -3.36. The van der Waals surface area contributed by atoms with Crippen LogP contribution >= 0.6 is 0 Å². The summed E-state index contributed by atoms with van der Waals surface area (Å²) in [6, 6.07) is 3.13. The zero-order chi connectivity index (χ0) is 25.4. The molecule has 0 spiro atoms. The summed E-state index contributed by atoms with van der Waals surface area (Å²) in [6.07, 6.45) is -5.53. The number of aromatic hydroxyl groups is 6. The number of phenolic OH excluding ortho intramolecular Hbond substituents is 6. The predicted octanol–water partition coefficient (Wildman–Crippen LogP) is -1.26. The Labute approximate surface area is 189 Å². The van der Waals surface area contributed by atoms with Gasteiger partial charge in [-0.2, -0.15) is 0 Å². The first-order valence-electron chi connectivity index (χ1n) is 9.43. The van der Waals surface area contributed by atoms with Crippen LogP contribution in [-0.4, -0.2) is 95.2 Å². The lowest BCUT2D eigenvalue weighted by atomic mass is 9.96. The van der Waals surface area contributed by atoms with Crippen LogP contribution in [0.15, 0.2) is 24.3 Å². The zero-order valence-corrected chi connectivity index (χ0v) is 17.0. The third-order valence-electron chi connectivity index (χ3n) is 5.02. The number of carbonyl (C=O) groups is 2. The van der Waals surface area contributed by atoms with Crippen molar-refractivity contribution in [2.45, 2.75) is 24.1 Å². The summed E-state index contributed by atoms with van der Waals surface area (Å²) in [7, 11) is 0. The summed E-state index contributed by atoms with van der Waals surface area (Å²) in [4.78, 5) is 24.2. The maximum absolute atomic E-state index is 12.1. The van der Waals surface area contributed by atoms with Crippen LogP contribution in [0.2, 0.25) is 0 Å². The lowest BCUT2D eigenvalue weighted by Crippen LogP contribution is -2.52. The molecule has 9 N–H and O–H groups in total. The molecular formula is C20H20O14. The highest BCUT2D eigenvalue weighted by Gasteiger charge is 2.56. The highest BCUT2D eigenvalue weighted by molar-refractivity contribution is 5.91. The summed E-state index contributed by atoms with van der Waals surface area (Å²) in [5.74, 6) is -7.31. The van der Waals surface area contributed by atoms with Crippen LogP contribution in [0.1, 0.15) is 20.7 Å². The van der Waals surface area contributed by atoms with Crippen molar-refractivity contribution in [3.05, 3.63) is 35.4 Å². The molecule has 0 bridgehead atoms. The second kappa shape index (κ2) is 9.11. The highest BCUT2D eigenvalue weighted by Crippen LogP contribution is 2.37. The SMILES string of the molecule is O=C(OC[C@H]1O[C@H](O)[C@](O)(COC(=O)c2cc(O)c(O)c(O)c2)[C@@H]1O)c1cc(O)c(O)c(O)c1. The van der Waals surface area contributed by atoms with E-state index in [4.69, 9.17) is 14.2 Å². The topological polar surface area (TPSA) is 244 Å². The van der Waals surface area contributed by atoms with Crippen LogP contribution in [0.5, 0.6) is 34.5 Å². The van der Waals surface area contributed by atoms with Crippen molar-refractivity contribution in [1.29, 1.82) is 0 Å². The largest absolute Gasteiger partial charge is 0.504 e. The van der Waals surface area contributed by atoms with Gasteiger partial charge < -0.3 is 60.2 Å². The van der Waals surface area contributed by atoms with Crippen LogP contribution in [0.4, 0.5) is 0 Å². The fraction of sp³-hybridized carbons (Fsp3) is 0.300. The van der Waals surface area contributed by atoms with E-state index in [1.54, 1.807) is 0 Å². The molecule has 0 radical (unpaired) electrons. The maximum Gasteiger partial charge on any atom is 0.338 e. The molecule has 1 heterocycles. The summed E-state index contributed by atoms with van der Waals surface area (Å²) in [5, 5.41) is 87.4. The fourth-order valence-electron chi connectivity index (χ4n) is 3.06. The third-order valence-corrected chi connectivity index (χ3v) is 5.02. The summed E-state index contributed by atoms with van der Waals surface area (Å²) in [6.45, 7) is -1.75. The Morgan fingerprint density at radius 3 is 1.65 bits per heavy atom. The van der Waals surface area contributed by atoms with Crippen LogP contribution in [0.3, 0.4) is 0 Å². The molecule has 1 aliphatic rings. The van der Waals surface area contributed by atoms with Crippen LogP contribution < -0.4 is 0 Å². The van der Waals surface area contributed by atoms with Crippen LogP contribution in [0.25, 0.3) is 0 Å². The van der Waals surface area contributed by atoms with Gasteiger partial charge >= 0.3 is 11.9 Å². The molecule has 2 aromatic rings. The summed E-state index contributed by atoms with van der Waals surface area (Å²) >= 11 is 0. The van der Waals surface area contributed by atoms with Gasteiger partial charge in [-0.05, 0) is 24.3 Å². The molecular weight excluding hydrogens is 464 g/mol. The number of hydrogen-bond donors (Lipinski definition) is 9. The molecule has 3 rings (SSSR count). The number of esters is 2. The van der Waals surface area contributed by atoms with Gasteiger partial charge in [0.05, 0.1) is 11.1 Å². The third kappa shape index (κ3) is 4.55. The fourth-order valence-corrected chi connectivity index (χ4v) is 3.06. The van der Waals surface area contributed by atoms with E-state index in [1.807, 2.05) is 0 Å². The van der Waals surface area contributed by atoms with E-state index in [0.29, 0.717) is 0 Å². The standard InChI is InChI=1S/C20H20O14/c21-9-1-7(2-10(22)14(9)25)17(28)32-5-13-16(27)20(31,19(30)34-13)6-33-18(29)8-3-11(23)15(26)12(24)4-8/h1-4,13,16,19,21-27,30-31H,5-6H2/t13-,16-,19+,20+/m1/s1. The number of hydrogen-bond acceptors (Lipinski definition) is 14. The molecule has 1 saturated heterocycles. The van der Waals surface area contributed by atoms with Gasteiger partial charge in [0.15, 0.2) is 46.4 Å². The minimum atomic E-state index is -2.57. The van der Waals surface area contributed by atoms with Crippen LogP contribution in [0, 0.1) is 0 Å². The molecule has 0 aliphatic carbocycles. The molecule has 0 aromatic heterocycles. The Morgan fingerprint density at radius 1 is 0.794 bits per heavy atom. The Kier molecular flexibility index (Phi) is 6.60. The molecule has 1 aliphatic heterocycles. The average molecular weight is 484 g/mol. The second-order valence-electron chi connectivity index (χ2n) is 7.36. The Balaban J connectivity index is 1.63. The Hall–Kier alpha value is -3.98. The lowest BCUT2D eigenvalue weighted by molar-refractivity contribution is -0.191. The van der Waals surface area contributed by atoms with Crippen molar-refractivity contribution >= 4 is 11.9 Å².